The van der Waals surface area contributed by atoms with Crippen molar-refractivity contribution in [1.82, 2.24) is 9.80 Å². The Kier molecular flexibility index (Phi) is 6.46. The van der Waals surface area contributed by atoms with Gasteiger partial charge in [-0.2, -0.15) is 0 Å². The van der Waals surface area contributed by atoms with Crippen molar-refractivity contribution >= 4 is 15.9 Å². The van der Waals surface area contributed by atoms with Gasteiger partial charge >= 0.3 is 0 Å². The van der Waals surface area contributed by atoms with Crippen molar-refractivity contribution in [2.75, 3.05) is 32.0 Å². The van der Waals surface area contributed by atoms with Gasteiger partial charge in [-0.3, -0.25) is 4.90 Å². The van der Waals surface area contributed by atoms with Crippen LogP contribution < -0.4 is 0 Å². The van der Waals surface area contributed by atoms with E-state index in [-0.39, 0.29) is 0 Å². The molecule has 1 atom stereocenters. The number of halogens is 1. The minimum atomic E-state index is 0.845. The van der Waals surface area contributed by atoms with Gasteiger partial charge in [-0.25, -0.2) is 0 Å². The third kappa shape index (κ3) is 4.21. The van der Waals surface area contributed by atoms with Gasteiger partial charge in [0.2, 0.25) is 0 Å². The average molecular weight is 317 g/mol. The summed E-state index contributed by atoms with van der Waals surface area (Å²) in [5, 5.41) is 1.13. The predicted molar refractivity (Wildman–Crippen MR) is 82.5 cm³/mol. The predicted octanol–water partition coefficient (Wildman–Crippen LogP) is 3.50. The first-order valence-electron chi connectivity index (χ1n) is 7.81. The third-order valence-corrected chi connectivity index (χ3v) is 5.24. The molecule has 0 N–H and O–H groups in total. The Bertz CT molecular complexity index is 229. The van der Waals surface area contributed by atoms with Crippen LogP contribution in [0, 0.1) is 0 Å². The Balaban J connectivity index is 1.77. The molecular weight excluding hydrogens is 288 g/mol. The summed E-state index contributed by atoms with van der Waals surface area (Å²) in [5.41, 5.74) is 0. The Labute approximate surface area is 121 Å². The lowest BCUT2D eigenvalue weighted by Gasteiger charge is -2.35. The second-order valence-corrected chi connectivity index (χ2v) is 6.88. The maximum Gasteiger partial charge on any atom is 0.0159 e. The molecule has 1 aliphatic carbocycles. The van der Waals surface area contributed by atoms with Crippen molar-refractivity contribution in [3.05, 3.63) is 0 Å². The van der Waals surface area contributed by atoms with Crippen LogP contribution in [-0.2, 0) is 0 Å². The lowest BCUT2D eigenvalue weighted by Crippen LogP contribution is -2.41. The van der Waals surface area contributed by atoms with Crippen LogP contribution in [0.3, 0.4) is 0 Å². The molecule has 2 rings (SSSR count). The molecule has 18 heavy (non-hydrogen) atoms. The molecule has 0 aromatic carbocycles. The maximum atomic E-state index is 3.62. The van der Waals surface area contributed by atoms with Gasteiger partial charge in [-0.15, -0.1) is 0 Å². The summed E-state index contributed by atoms with van der Waals surface area (Å²) in [7, 11) is 2.31. The molecule has 0 aromatic rings. The monoisotopic (exact) mass is 316 g/mol. The minimum absolute atomic E-state index is 0.845. The van der Waals surface area contributed by atoms with Crippen LogP contribution in [0.15, 0.2) is 0 Å². The first-order valence-corrected chi connectivity index (χ1v) is 8.93. The summed E-state index contributed by atoms with van der Waals surface area (Å²) in [6.45, 7) is 3.86. The number of piperidine rings is 1. The molecule has 0 amide bonds. The van der Waals surface area contributed by atoms with Gasteiger partial charge in [0.15, 0.2) is 0 Å². The summed E-state index contributed by atoms with van der Waals surface area (Å²) in [6.07, 6.45) is 11.4. The molecule has 2 nitrogen and oxygen atoms in total. The summed E-state index contributed by atoms with van der Waals surface area (Å²) in [5.74, 6) is 0. The van der Waals surface area contributed by atoms with Gasteiger partial charge in [-0.1, -0.05) is 35.2 Å². The van der Waals surface area contributed by atoms with Gasteiger partial charge in [-0.05, 0) is 52.2 Å². The number of alkyl halides is 1. The first kappa shape index (κ1) is 14.8. The van der Waals surface area contributed by atoms with Crippen molar-refractivity contribution in [3.8, 4) is 0 Å². The highest BCUT2D eigenvalue weighted by molar-refractivity contribution is 9.09. The van der Waals surface area contributed by atoms with E-state index in [0.29, 0.717) is 0 Å². The van der Waals surface area contributed by atoms with E-state index in [2.05, 4.69) is 32.8 Å². The Morgan fingerprint density at radius 1 is 1.06 bits per heavy atom. The molecule has 1 heterocycles. The number of rotatable bonds is 6. The number of hydrogen-bond acceptors (Lipinski definition) is 2. The van der Waals surface area contributed by atoms with E-state index >= 15 is 0 Å². The zero-order valence-corrected chi connectivity index (χ0v) is 13.5. The lowest BCUT2D eigenvalue weighted by atomic mass is 9.99. The molecule has 0 aromatic heterocycles. The van der Waals surface area contributed by atoms with Gasteiger partial charge < -0.3 is 4.90 Å². The van der Waals surface area contributed by atoms with Gasteiger partial charge in [0.25, 0.3) is 0 Å². The molecule has 1 unspecified atom stereocenters. The van der Waals surface area contributed by atoms with E-state index in [1.54, 1.807) is 0 Å². The van der Waals surface area contributed by atoms with E-state index in [1.807, 2.05) is 0 Å². The largest absolute Gasteiger partial charge is 0.303 e. The van der Waals surface area contributed by atoms with E-state index in [0.717, 1.165) is 17.4 Å². The molecule has 2 fully saturated rings. The van der Waals surface area contributed by atoms with Gasteiger partial charge in [0, 0.05) is 24.0 Å². The van der Waals surface area contributed by atoms with Crippen LogP contribution >= 0.6 is 15.9 Å². The smallest absolute Gasteiger partial charge is 0.0159 e. The van der Waals surface area contributed by atoms with Crippen LogP contribution in [0.4, 0.5) is 0 Å². The third-order valence-electron chi connectivity index (χ3n) is 4.88. The second kappa shape index (κ2) is 7.86. The molecule has 0 spiro atoms. The normalized spacial score (nSPS) is 27.2. The van der Waals surface area contributed by atoms with Crippen LogP contribution in [-0.4, -0.2) is 53.9 Å². The fourth-order valence-electron chi connectivity index (χ4n) is 3.68. The highest BCUT2D eigenvalue weighted by atomic mass is 79.9. The van der Waals surface area contributed by atoms with Crippen molar-refractivity contribution in [1.29, 1.82) is 0 Å². The van der Waals surface area contributed by atoms with Crippen molar-refractivity contribution in [2.24, 2.45) is 0 Å². The molecule has 3 heteroatoms. The zero-order chi connectivity index (χ0) is 12.8. The lowest BCUT2D eigenvalue weighted by molar-refractivity contribution is 0.139. The molecular formula is C15H29BrN2. The molecule has 0 bridgehead atoms. The van der Waals surface area contributed by atoms with Gasteiger partial charge in [0.1, 0.15) is 0 Å². The van der Waals surface area contributed by atoms with E-state index < -0.39 is 0 Å². The van der Waals surface area contributed by atoms with Crippen molar-refractivity contribution < 1.29 is 0 Å². The van der Waals surface area contributed by atoms with Crippen molar-refractivity contribution in [2.45, 2.75) is 63.5 Å². The molecule has 2 aliphatic rings. The highest BCUT2D eigenvalue weighted by Crippen LogP contribution is 2.25. The molecule has 0 radical (unpaired) electrons. The fourth-order valence-corrected chi connectivity index (χ4v) is 4.13. The Hall–Kier alpha value is 0.400. The summed E-state index contributed by atoms with van der Waals surface area (Å²) < 4.78 is 0. The topological polar surface area (TPSA) is 6.48 Å². The fraction of sp³-hybridized carbons (Fsp3) is 1.00. The molecule has 106 valence electrons. The van der Waals surface area contributed by atoms with Crippen LogP contribution in [0.1, 0.15) is 51.4 Å². The summed E-state index contributed by atoms with van der Waals surface area (Å²) in [6, 6.07) is 1.73. The van der Waals surface area contributed by atoms with Crippen LogP contribution in [0.25, 0.3) is 0 Å². The zero-order valence-electron chi connectivity index (χ0n) is 11.9. The number of likely N-dealkylation sites (tertiary alicyclic amines) is 1. The van der Waals surface area contributed by atoms with E-state index in [4.69, 9.17) is 0 Å². The van der Waals surface area contributed by atoms with Gasteiger partial charge in [0.05, 0.1) is 0 Å². The quantitative estimate of drug-likeness (QED) is 0.692. The summed E-state index contributed by atoms with van der Waals surface area (Å²) >= 11 is 3.62. The molecule has 1 saturated heterocycles. The average Bonchev–Trinajstić information content (AvgIpc) is 2.90. The van der Waals surface area contributed by atoms with Crippen LogP contribution in [0.5, 0.6) is 0 Å². The second-order valence-electron chi connectivity index (χ2n) is 6.08. The van der Waals surface area contributed by atoms with Crippen molar-refractivity contribution in [3.63, 3.8) is 0 Å². The maximum absolute atomic E-state index is 3.62. The van der Waals surface area contributed by atoms with E-state index in [1.165, 1.54) is 71.0 Å². The Morgan fingerprint density at radius 2 is 1.78 bits per heavy atom. The Morgan fingerprint density at radius 3 is 2.44 bits per heavy atom. The standard InChI is InChI=1S/C15H29BrN2/c1-17-11-5-4-6-14(17)9-12-18(13-10-16)15-7-2-3-8-15/h14-15H,2-13H2,1H3. The first-order chi connectivity index (χ1) is 8.81. The number of nitrogens with zero attached hydrogens (tertiary/aromatic N) is 2. The van der Waals surface area contributed by atoms with E-state index in [9.17, 15) is 0 Å². The highest BCUT2D eigenvalue weighted by Gasteiger charge is 2.24. The van der Waals surface area contributed by atoms with Crippen LogP contribution in [0.2, 0.25) is 0 Å². The minimum Gasteiger partial charge on any atom is -0.303 e. The number of hydrogen-bond donors (Lipinski definition) is 0. The molecule has 1 saturated carbocycles. The SMILES string of the molecule is CN1CCCCC1CCN(CCBr)C1CCCC1. The summed E-state index contributed by atoms with van der Waals surface area (Å²) in [4.78, 5) is 5.34. The molecule has 1 aliphatic heterocycles.